The summed E-state index contributed by atoms with van der Waals surface area (Å²) in [5.41, 5.74) is 3.54. The molecule has 27 heavy (non-hydrogen) atoms. The van der Waals surface area contributed by atoms with Crippen molar-refractivity contribution >= 4 is 6.09 Å². The molecule has 2 heterocycles. The zero-order chi connectivity index (χ0) is 20.0. The van der Waals surface area contributed by atoms with Gasteiger partial charge in [0.15, 0.2) is 0 Å². The van der Waals surface area contributed by atoms with Gasteiger partial charge in [0.05, 0.1) is 18.3 Å². The predicted octanol–water partition coefficient (Wildman–Crippen LogP) is 3.29. The Morgan fingerprint density at radius 3 is 2.33 bits per heavy atom. The normalized spacial score (nSPS) is 21.2. The Morgan fingerprint density at radius 1 is 1.30 bits per heavy atom. The number of carbonyl (C=O) groups is 1. The van der Waals surface area contributed by atoms with Crippen LogP contribution in [0.5, 0.6) is 0 Å². The summed E-state index contributed by atoms with van der Waals surface area (Å²) in [7, 11) is 0. The predicted molar refractivity (Wildman–Crippen MR) is 91.4 cm³/mol. The highest BCUT2D eigenvalue weighted by Crippen LogP contribution is 2.55. The van der Waals surface area contributed by atoms with Crippen LogP contribution in [0.25, 0.3) is 0 Å². The highest BCUT2D eigenvalue weighted by molar-refractivity contribution is 5.68. The van der Waals surface area contributed by atoms with Gasteiger partial charge in [0.1, 0.15) is 0 Å². The van der Waals surface area contributed by atoms with E-state index in [4.69, 9.17) is 5.11 Å². The molecule has 152 valence electrons. The SMILES string of the molecule is Cc1nn(C2CC3(CCN(C(=O)O[C@H](CO)C(F)(F)F)CC3)C2)c(C)c1C. The van der Waals surface area contributed by atoms with Gasteiger partial charge in [-0.05, 0) is 57.4 Å². The van der Waals surface area contributed by atoms with E-state index in [1.165, 1.54) is 16.2 Å². The van der Waals surface area contributed by atoms with Crippen LogP contribution >= 0.6 is 0 Å². The van der Waals surface area contributed by atoms with Gasteiger partial charge in [0.2, 0.25) is 6.10 Å². The highest BCUT2D eigenvalue weighted by atomic mass is 19.4. The first-order valence-corrected chi connectivity index (χ1v) is 9.22. The maximum atomic E-state index is 12.6. The third-order valence-electron chi connectivity index (χ3n) is 6.23. The number of rotatable bonds is 3. The summed E-state index contributed by atoms with van der Waals surface area (Å²) in [6, 6.07) is 0.347. The molecule has 0 aromatic carbocycles. The molecule has 0 radical (unpaired) electrons. The Hall–Kier alpha value is -1.77. The Balaban J connectivity index is 1.52. The van der Waals surface area contributed by atoms with E-state index >= 15 is 0 Å². The van der Waals surface area contributed by atoms with Gasteiger partial charge in [-0.2, -0.15) is 18.3 Å². The molecule has 0 unspecified atom stereocenters. The molecule has 1 aromatic rings. The van der Waals surface area contributed by atoms with Crippen LogP contribution in [0.1, 0.15) is 48.7 Å². The van der Waals surface area contributed by atoms with Crippen LogP contribution in [0.4, 0.5) is 18.0 Å². The number of aromatic nitrogens is 2. The Kier molecular flexibility index (Phi) is 5.18. The lowest BCUT2D eigenvalue weighted by molar-refractivity contribution is -0.215. The second kappa shape index (κ2) is 7.00. The number of carbonyl (C=O) groups excluding carboxylic acids is 1. The fraction of sp³-hybridized carbons (Fsp3) is 0.778. The lowest BCUT2D eigenvalue weighted by Crippen LogP contribution is -2.50. The van der Waals surface area contributed by atoms with E-state index < -0.39 is 25.0 Å². The lowest BCUT2D eigenvalue weighted by Gasteiger charge is -2.52. The second-order valence-corrected chi connectivity index (χ2v) is 7.89. The minimum Gasteiger partial charge on any atom is -0.434 e. The second-order valence-electron chi connectivity index (χ2n) is 7.89. The molecular formula is C18H26F3N3O3. The fourth-order valence-corrected chi connectivity index (χ4v) is 4.19. The van der Waals surface area contributed by atoms with E-state index in [-0.39, 0.29) is 5.41 Å². The van der Waals surface area contributed by atoms with Gasteiger partial charge in [-0.1, -0.05) is 0 Å². The number of halogens is 3. The molecule has 1 aliphatic carbocycles. The van der Waals surface area contributed by atoms with Crippen LogP contribution in [0.15, 0.2) is 0 Å². The zero-order valence-electron chi connectivity index (χ0n) is 15.8. The number of aryl methyl sites for hydroxylation is 1. The molecule has 2 fully saturated rings. The first-order chi connectivity index (χ1) is 12.6. The smallest absolute Gasteiger partial charge is 0.427 e. The molecular weight excluding hydrogens is 363 g/mol. The molecule has 1 amide bonds. The summed E-state index contributed by atoms with van der Waals surface area (Å²) in [6.45, 7) is 5.61. The lowest BCUT2D eigenvalue weighted by atomic mass is 9.60. The standard InChI is InChI=1S/C18H26F3N3O3/c1-11-12(2)22-24(13(11)3)14-8-17(9-14)4-6-23(7-5-17)16(26)27-15(10-25)18(19,20)21/h14-15,25H,4-10H2,1-3H3/t15-/m1/s1. The first-order valence-electron chi connectivity index (χ1n) is 9.22. The van der Waals surface area contributed by atoms with E-state index in [9.17, 15) is 18.0 Å². The number of nitrogens with zero attached hydrogens (tertiary/aromatic N) is 3. The van der Waals surface area contributed by atoms with E-state index in [2.05, 4.69) is 28.4 Å². The summed E-state index contributed by atoms with van der Waals surface area (Å²) >= 11 is 0. The van der Waals surface area contributed by atoms with Crippen molar-refractivity contribution in [1.82, 2.24) is 14.7 Å². The number of aliphatic hydroxyl groups is 1. The number of ether oxygens (including phenoxy) is 1. The maximum absolute atomic E-state index is 12.6. The highest BCUT2D eigenvalue weighted by Gasteiger charge is 2.49. The number of likely N-dealkylation sites (tertiary alicyclic amines) is 1. The van der Waals surface area contributed by atoms with Crippen molar-refractivity contribution in [2.75, 3.05) is 19.7 Å². The van der Waals surface area contributed by atoms with Gasteiger partial charge in [0.25, 0.3) is 0 Å². The van der Waals surface area contributed by atoms with Crippen molar-refractivity contribution in [2.45, 2.75) is 64.8 Å². The van der Waals surface area contributed by atoms with Crippen LogP contribution in [-0.2, 0) is 4.74 Å². The molecule has 1 aromatic heterocycles. The van der Waals surface area contributed by atoms with Crippen LogP contribution < -0.4 is 0 Å². The van der Waals surface area contributed by atoms with Gasteiger partial charge in [0, 0.05) is 18.8 Å². The third-order valence-corrected chi connectivity index (χ3v) is 6.23. The van der Waals surface area contributed by atoms with Crippen LogP contribution in [0.2, 0.25) is 0 Å². The number of hydrogen-bond acceptors (Lipinski definition) is 4. The molecule has 2 aliphatic rings. The van der Waals surface area contributed by atoms with Crippen molar-refractivity contribution in [3.8, 4) is 0 Å². The number of hydrogen-bond donors (Lipinski definition) is 1. The van der Waals surface area contributed by atoms with Crippen LogP contribution in [-0.4, -0.2) is 57.9 Å². The molecule has 6 nitrogen and oxygen atoms in total. The molecule has 1 atom stereocenters. The largest absolute Gasteiger partial charge is 0.434 e. The summed E-state index contributed by atoms with van der Waals surface area (Å²) in [4.78, 5) is 13.3. The van der Waals surface area contributed by atoms with E-state index in [1.807, 2.05) is 6.92 Å². The van der Waals surface area contributed by atoms with Crippen molar-refractivity contribution in [2.24, 2.45) is 5.41 Å². The number of alkyl halides is 3. The van der Waals surface area contributed by atoms with Crippen LogP contribution in [0, 0.1) is 26.2 Å². The fourth-order valence-electron chi connectivity index (χ4n) is 4.19. The minimum atomic E-state index is -4.76. The number of amides is 1. The first kappa shape index (κ1) is 20.0. The van der Waals surface area contributed by atoms with Gasteiger partial charge < -0.3 is 14.7 Å². The third kappa shape index (κ3) is 3.79. The Morgan fingerprint density at radius 2 is 1.89 bits per heavy atom. The molecule has 9 heteroatoms. The minimum absolute atomic E-state index is 0.127. The Labute approximate surface area is 156 Å². The molecule has 1 spiro atoms. The monoisotopic (exact) mass is 389 g/mol. The Bertz CT molecular complexity index is 701. The van der Waals surface area contributed by atoms with Gasteiger partial charge >= 0.3 is 12.3 Å². The zero-order valence-corrected chi connectivity index (χ0v) is 15.8. The summed E-state index contributed by atoms with van der Waals surface area (Å²) < 4.78 is 44.4. The van der Waals surface area contributed by atoms with Crippen molar-refractivity contribution < 1.29 is 27.8 Å². The molecule has 1 saturated carbocycles. The number of piperidine rings is 1. The average molecular weight is 389 g/mol. The maximum Gasteiger partial charge on any atom is 0.427 e. The van der Waals surface area contributed by atoms with Gasteiger partial charge in [-0.3, -0.25) is 4.68 Å². The molecule has 1 N–H and O–H groups in total. The van der Waals surface area contributed by atoms with Crippen LogP contribution in [0.3, 0.4) is 0 Å². The van der Waals surface area contributed by atoms with Gasteiger partial charge in [-0.15, -0.1) is 0 Å². The van der Waals surface area contributed by atoms with Crippen molar-refractivity contribution in [3.05, 3.63) is 17.0 Å². The number of aliphatic hydroxyl groups excluding tert-OH is 1. The summed E-state index contributed by atoms with van der Waals surface area (Å²) in [6.07, 6.45) is -4.81. The van der Waals surface area contributed by atoms with Gasteiger partial charge in [-0.25, -0.2) is 4.79 Å². The summed E-state index contributed by atoms with van der Waals surface area (Å²) in [5, 5.41) is 13.4. The molecule has 3 rings (SSSR count). The van der Waals surface area contributed by atoms with E-state index in [0.29, 0.717) is 19.1 Å². The summed E-state index contributed by atoms with van der Waals surface area (Å²) in [5.74, 6) is 0. The quantitative estimate of drug-likeness (QED) is 0.862. The van der Waals surface area contributed by atoms with Crippen molar-refractivity contribution in [3.63, 3.8) is 0 Å². The van der Waals surface area contributed by atoms with E-state index in [1.54, 1.807) is 0 Å². The molecule has 1 aliphatic heterocycles. The average Bonchev–Trinajstić information content (AvgIpc) is 2.83. The molecule has 0 bridgehead atoms. The van der Waals surface area contributed by atoms with E-state index in [0.717, 1.165) is 31.4 Å². The topological polar surface area (TPSA) is 67.6 Å². The van der Waals surface area contributed by atoms with Crippen molar-refractivity contribution in [1.29, 1.82) is 0 Å². The molecule has 1 saturated heterocycles.